The lowest BCUT2D eigenvalue weighted by atomic mass is 10.3. The number of hydrazone groups is 1. The number of rotatable bonds is 4. The van der Waals surface area contributed by atoms with Crippen molar-refractivity contribution in [3.63, 3.8) is 0 Å². The molecule has 0 bridgehead atoms. The summed E-state index contributed by atoms with van der Waals surface area (Å²) >= 11 is 22.5. The van der Waals surface area contributed by atoms with Crippen molar-refractivity contribution in [1.29, 1.82) is 0 Å². The molecular weight excluding hydrogens is 322 g/mol. The molecule has 0 aliphatic heterocycles. The standard InChI is InChI=1S/C10H6Cl4N2O2/c11-5-1-6(12)3-7(2-5)16-15-4-8(13)9(14)10(17)18/h1-4,16H,(H,17,18)/b9-8-,15-4+. The van der Waals surface area contributed by atoms with Gasteiger partial charge in [-0.2, -0.15) is 5.10 Å². The average Bonchev–Trinajstić information content (AvgIpc) is 2.26. The van der Waals surface area contributed by atoms with E-state index in [0.29, 0.717) is 15.7 Å². The van der Waals surface area contributed by atoms with E-state index in [1.807, 2.05) is 0 Å². The molecule has 0 aromatic heterocycles. The summed E-state index contributed by atoms with van der Waals surface area (Å²) in [4.78, 5) is 10.5. The van der Waals surface area contributed by atoms with E-state index in [4.69, 9.17) is 51.5 Å². The molecule has 0 spiro atoms. The zero-order valence-corrected chi connectivity index (χ0v) is 11.6. The lowest BCUT2D eigenvalue weighted by Gasteiger charge is -2.01. The Morgan fingerprint density at radius 3 is 2.28 bits per heavy atom. The number of carboxylic acid groups (broad SMARTS) is 1. The van der Waals surface area contributed by atoms with Gasteiger partial charge in [0.1, 0.15) is 5.03 Å². The Hall–Kier alpha value is -0.940. The smallest absolute Gasteiger partial charge is 0.348 e. The fourth-order valence-electron chi connectivity index (χ4n) is 0.941. The molecule has 0 unspecified atom stereocenters. The second-order valence-corrected chi connectivity index (χ2v) is 4.65. The number of nitrogens with one attached hydrogen (secondary N) is 1. The summed E-state index contributed by atoms with van der Waals surface area (Å²) in [5.41, 5.74) is 3.11. The average molecular weight is 328 g/mol. The van der Waals surface area contributed by atoms with Gasteiger partial charge < -0.3 is 5.11 Å². The van der Waals surface area contributed by atoms with Crippen LogP contribution in [0, 0.1) is 0 Å². The van der Waals surface area contributed by atoms with E-state index in [1.165, 1.54) is 0 Å². The van der Waals surface area contributed by atoms with E-state index >= 15 is 0 Å². The van der Waals surface area contributed by atoms with Crippen LogP contribution in [0.2, 0.25) is 10.0 Å². The molecule has 4 nitrogen and oxygen atoms in total. The van der Waals surface area contributed by atoms with Gasteiger partial charge in [-0.25, -0.2) is 4.79 Å². The fraction of sp³-hybridized carbons (Fsp3) is 0. The van der Waals surface area contributed by atoms with E-state index in [2.05, 4.69) is 10.5 Å². The van der Waals surface area contributed by atoms with Crippen LogP contribution in [0.4, 0.5) is 5.69 Å². The van der Waals surface area contributed by atoms with Gasteiger partial charge in [-0.05, 0) is 18.2 Å². The van der Waals surface area contributed by atoms with Crippen molar-refractivity contribution >= 4 is 64.3 Å². The molecule has 18 heavy (non-hydrogen) atoms. The lowest BCUT2D eigenvalue weighted by molar-refractivity contribution is -0.131. The molecule has 0 amide bonds. The molecule has 0 fully saturated rings. The van der Waals surface area contributed by atoms with Gasteiger partial charge in [-0.15, -0.1) is 0 Å². The van der Waals surface area contributed by atoms with Gasteiger partial charge in [-0.1, -0.05) is 46.4 Å². The monoisotopic (exact) mass is 326 g/mol. The highest BCUT2D eigenvalue weighted by atomic mass is 35.5. The first-order valence-corrected chi connectivity index (χ1v) is 5.95. The lowest BCUT2D eigenvalue weighted by Crippen LogP contribution is -1.97. The molecule has 0 heterocycles. The second kappa shape index (κ2) is 6.85. The van der Waals surface area contributed by atoms with Gasteiger partial charge in [0.25, 0.3) is 0 Å². The van der Waals surface area contributed by atoms with Crippen LogP contribution in [0.15, 0.2) is 33.4 Å². The van der Waals surface area contributed by atoms with E-state index in [-0.39, 0.29) is 5.03 Å². The van der Waals surface area contributed by atoms with Crippen LogP contribution >= 0.6 is 46.4 Å². The molecule has 8 heteroatoms. The van der Waals surface area contributed by atoms with E-state index in [9.17, 15) is 4.79 Å². The van der Waals surface area contributed by atoms with E-state index in [1.54, 1.807) is 18.2 Å². The molecular formula is C10H6Cl4N2O2. The zero-order valence-electron chi connectivity index (χ0n) is 8.62. The first-order valence-electron chi connectivity index (χ1n) is 4.44. The summed E-state index contributed by atoms with van der Waals surface area (Å²) < 4.78 is 0. The third-order valence-corrected chi connectivity index (χ3v) is 2.82. The Kier molecular flexibility index (Phi) is 5.75. The minimum atomic E-state index is -1.33. The van der Waals surface area contributed by atoms with Gasteiger partial charge >= 0.3 is 5.97 Å². The summed E-state index contributed by atoms with van der Waals surface area (Å²) in [5.74, 6) is -1.33. The highest BCUT2D eigenvalue weighted by molar-refractivity contribution is 6.51. The molecule has 0 aliphatic rings. The van der Waals surface area contributed by atoms with Crippen molar-refractivity contribution in [2.45, 2.75) is 0 Å². The van der Waals surface area contributed by atoms with Gasteiger partial charge in [0.15, 0.2) is 0 Å². The Labute approximate surface area is 123 Å². The number of benzene rings is 1. The molecule has 1 aromatic carbocycles. The van der Waals surface area contributed by atoms with Crippen LogP contribution in [0.25, 0.3) is 0 Å². The fourth-order valence-corrected chi connectivity index (χ4v) is 1.65. The maximum atomic E-state index is 10.5. The minimum absolute atomic E-state index is 0.204. The number of halogens is 4. The Balaban J connectivity index is 2.76. The number of allylic oxidation sites excluding steroid dienone is 1. The quantitative estimate of drug-likeness (QED) is 0.495. The molecule has 0 saturated heterocycles. The predicted molar refractivity (Wildman–Crippen MR) is 74.9 cm³/mol. The van der Waals surface area contributed by atoms with Crippen LogP contribution in [0.5, 0.6) is 0 Å². The number of carbonyl (C=O) groups is 1. The van der Waals surface area contributed by atoms with E-state index in [0.717, 1.165) is 6.21 Å². The van der Waals surface area contributed by atoms with Crippen LogP contribution < -0.4 is 5.43 Å². The third-order valence-electron chi connectivity index (χ3n) is 1.63. The molecule has 1 aromatic rings. The number of hydrogen-bond donors (Lipinski definition) is 2. The van der Waals surface area contributed by atoms with Crippen molar-refractivity contribution in [3.05, 3.63) is 38.3 Å². The van der Waals surface area contributed by atoms with Crippen LogP contribution in [0.1, 0.15) is 0 Å². The number of hydrogen-bond acceptors (Lipinski definition) is 3. The van der Waals surface area contributed by atoms with Crippen molar-refractivity contribution in [2.75, 3.05) is 5.43 Å². The number of carboxylic acids is 1. The molecule has 0 saturated carbocycles. The Morgan fingerprint density at radius 2 is 1.78 bits per heavy atom. The highest BCUT2D eigenvalue weighted by Crippen LogP contribution is 2.22. The number of anilines is 1. The predicted octanol–water partition coefficient (Wildman–Crippen LogP) is 4.16. The zero-order chi connectivity index (χ0) is 13.7. The van der Waals surface area contributed by atoms with Gasteiger partial charge in [-0.3, -0.25) is 5.43 Å². The van der Waals surface area contributed by atoms with Gasteiger partial charge in [0, 0.05) is 10.0 Å². The van der Waals surface area contributed by atoms with Crippen LogP contribution in [0.3, 0.4) is 0 Å². The van der Waals surface area contributed by atoms with Crippen molar-refractivity contribution in [2.24, 2.45) is 5.10 Å². The minimum Gasteiger partial charge on any atom is -0.477 e. The molecule has 96 valence electrons. The largest absolute Gasteiger partial charge is 0.477 e. The summed E-state index contributed by atoms with van der Waals surface area (Å²) in [6.45, 7) is 0. The van der Waals surface area contributed by atoms with Crippen molar-refractivity contribution in [3.8, 4) is 0 Å². The molecule has 2 N–H and O–H groups in total. The topological polar surface area (TPSA) is 61.7 Å². The first kappa shape index (κ1) is 15.1. The van der Waals surface area contributed by atoms with Gasteiger partial charge in [0.05, 0.1) is 16.9 Å². The third kappa shape index (κ3) is 4.74. The first-order chi connectivity index (χ1) is 8.40. The molecule has 0 aliphatic carbocycles. The normalized spacial score (nSPS) is 12.4. The van der Waals surface area contributed by atoms with Crippen molar-refractivity contribution < 1.29 is 9.90 Å². The van der Waals surface area contributed by atoms with Gasteiger partial charge in [0.2, 0.25) is 0 Å². The summed E-state index contributed by atoms with van der Waals surface area (Å²) in [5, 5.41) is 12.4. The van der Waals surface area contributed by atoms with Crippen molar-refractivity contribution in [1.82, 2.24) is 0 Å². The molecule has 0 atom stereocenters. The summed E-state index contributed by atoms with van der Waals surface area (Å²) in [6, 6.07) is 4.73. The van der Waals surface area contributed by atoms with Crippen LogP contribution in [-0.2, 0) is 4.79 Å². The SMILES string of the molecule is O=C(O)/C(Cl)=C(Cl)\C=N\Nc1cc(Cl)cc(Cl)c1. The highest BCUT2D eigenvalue weighted by Gasteiger charge is 2.07. The summed E-state index contributed by atoms with van der Waals surface area (Å²) in [6.07, 6.45) is 1.06. The number of aliphatic carboxylic acids is 1. The van der Waals surface area contributed by atoms with Crippen LogP contribution in [-0.4, -0.2) is 17.3 Å². The maximum absolute atomic E-state index is 10.5. The number of nitrogens with zero attached hydrogens (tertiary/aromatic N) is 1. The Bertz CT molecular complexity index is 508. The van der Waals surface area contributed by atoms with E-state index < -0.39 is 11.0 Å². The molecule has 0 radical (unpaired) electrons. The maximum Gasteiger partial charge on any atom is 0.348 e. The summed E-state index contributed by atoms with van der Waals surface area (Å²) in [7, 11) is 0. The molecule has 1 rings (SSSR count). The second-order valence-electron chi connectivity index (χ2n) is 3.00. The Morgan fingerprint density at radius 1 is 1.22 bits per heavy atom.